The summed E-state index contributed by atoms with van der Waals surface area (Å²) in [6.45, 7) is 3.51. The topological polar surface area (TPSA) is 75.9 Å². The molecule has 0 amide bonds. The number of imidazole rings is 1. The number of benzene rings is 1. The molecule has 0 saturated carbocycles. The van der Waals surface area contributed by atoms with Gasteiger partial charge >= 0.3 is 0 Å². The van der Waals surface area contributed by atoms with Crippen molar-refractivity contribution in [3.05, 3.63) is 36.9 Å². The molecule has 1 aromatic heterocycles. The molecule has 0 bridgehead atoms. The van der Waals surface area contributed by atoms with Crippen molar-refractivity contribution in [2.75, 3.05) is 45.8 Å². The molecule has 1 unspecified atom stereocenters. The van der Waals surface area contributed by atoms with Crippen molar-refractivity contribution in [1.29, 1.82) is 0 Å². The second-order valence-corrected chi connectivity index (χ2v) is 6.45. The van der Waals surface area contributed by atoms with Gasteiger partial charge in [-0.2, -0.15) is 0 Å². The number of anilines is 1. The minimum Gasteiger partial charge on any atom is -0.497 e. The number of methoxy groups -OCH3 is 2. The van der Waals surface area contributed by atoms with E-state index < -0.39 is 0 Å². The molecule has 1 aliphatic rings. The van der Waals surface area contributed by atoms with Gasteiger partial charge in [-0.25, -0.2) is 4.98 Å². The largest absolute Gasteiger partial charge is 0.497 e. The zero-order valence-corrected chi connectivity index (χ0v) is 16.2. The minimum atomic E-state index is 0.335. The van der Waals surface area contributed by atoms with Crippen molar-refractivity contribution >= 4 is 11.6 Å². The van der Waals surface area contributed by atoms with Crippen LogP contribution in [0.25, 0.3) is 0 Å². The summed E-state index contributed by atoms with van der Waals surface area (Å²) in [6, 6.07) is 6.31. The Morgan fingerprint density at radius 3 is 2.67 bits per heavy atom. The van der Waals surface area contributed by atoms with E-state index in [1.54, 1.807) is 27.5 Å². The average Bonchev–Trinajstić information content (AvgIpc) is 3.38. The summed E-state index contributed by atoms with van der Waals surface area (Å²) in [5, 5.41) is 6.87. The Bertz CT molecular complexity index is 724. The van der Waals surface area contributed by atoms with Gasteiger partial charge in [0.1, 0.15) is 11.5 Å². The van der Waals surface area contributed by atoms with Gasteiger partial charge in [-0.1, -0.05) is 0 Å². The van der Waals surface area contributed by atoms with Gasteiger partial charge in [-0.05, 0) is 6.42 Å². The molecule has 8 heteroatoms. The fourth-order valence-corrected chi connectivity index (χ4v) is 3.20. The summed E-state index contributed by atoms with van der Waals surface area (Å²) >= 11 is 0. The van der Waals surface area contributed by atoms with Crippen molar-refractivity contribution in [3.8, 4) is 11.5 Å². The highest BCUT2D eigenvalue weighted by molar-refractivity contribution is 5.80. The molecule has 2 N–H and O–H groups in total. The van der Waals surface area contributed by atoms with Gasteiger partial charge in [0.25, 0.3) is 0 Å². The van der Waals surface area contributed by atoms with E-state index in [4.69, 9.17) is 9.47 Å². The molecular weight excluding hydrogens is 344 g/mol. The van der Waals surface area contributed by atoms with Crippen molar-refractivity contribution < 1.29 is 9.47 Å². The van der Waals surface area contributed by atoms with Crippen LogP contribution >= 0.6 is 0 Å². The van der Waals surface area contributed by atoms with Gasteiger partial charge in [0.05, 0.1) is 20.5 Å². The van der Waals surface area contributed by atoms with Gasteiger partial charge < -0.3 is 29.6 Å². The summed E-state index contributed by atoms with van der Waals surface area (Å²) in [7, 11) is 5.14. The molecule has 1 aromatic carbocycles. The molecule has 0 spiro atoms. The SMILES string of the molecule is CN=C(NCCn1ccnc1)NC1CCN(c2cc(OC)cc(OC)c2)C1. The summed E-state index contributed by atoms with van der Waals surface area (Å²) in [5.41, 5.74) is 1.11. The smallest absolute Gasteiger partial charge is 0.191 e. The van der Waals surface area contributed by atoms with Crippen molar-refractivity contribution in [1.82, 2.24) is 20.2 Å². The second kappa shape index (κ2) is 9.16. The van der Waals surface area contributed by atoms with Crippen LogP contribution in [-0.4, -0.2) is 62.5 Å². The maximum Gasteiger partial charge on any atom is 0.191 e. The van der Waals surface area contributed by atoms with Crippen molar-refractivity contribution in [2.45, 2.75) is 19.0 Å². The predicted octanol–water partition coefficient (Wildman–Crippen LogP) is 1.34. The highest BCUT2D eigenvalue weighted by Crippen LogP contribution is 2.30. The Kier molecular flexibility index (Phi) is 6.40. The Hall–Kier alpha value is -2.90. The Balaban J connectivity index is 1.52. The molecule has 146 valence electrons. The van der Waals surface area contributed by atoms with Crippen LogP contribution in [0.5, 0.6) is 11.5 Å². The number of hydrogen-bond acceptors (Lipinski definition) is 5. The molecule has 2 aromatic rings. The first-order valence-electron chi connectivity index (χ1n) is 9.12. The third-order valence-corrected chi connectivity index (χ3v) is 4.68. The molecule has 1 atom stereocenters. The van der Waals surface area contributed by atoms with E-state index in [9.17, 15) is 0 Å². The number of guanidine groups is 1. The van der Waals surface area contributed by atoms with Crippen LogP contribution in [0.4, 0.5) is 5.69 Å². The zero-order chi connectivity index (χ0) is 19.1. The lowest BCUT2D eigenvalue weighted by molar-refractivity contribution is 0.394. The Labute approximate surface area is 160 Å². The van der Waals surface area contributed by atoms with Crippen LogP contribution in [0.15, 0.2) is 41.9 Å². The lowest BCUT2D eigenvalue weighted by Crippen LogP contribution is -2.45. The normalized spacial score (nSPS) is 17.1. The van der Waals surface area contributed by atoms with Crippen LogP contribution in [0.3, 0.4) is 0 Å². The summed E-state index contributed by atoms with van der Waals surface area (Å²) in [6.07, 6.45) is 6.60. The molecule has 0 radical (unpaired) electrons. The molecule has 27 heavy (non-hydrogen) atoms. The first kappa shape index (κ1) is 18.9. The molecule has 8 nitrogen and oxygen atoms in total. The summed E-state index contributed by atoms with van der Waals surface area (Å²) in [5.74, 6) is 2.43. The summed E-state index contributed by atoms with van der Waals surface area (Å²) < 4.78 is 12.8. The molecule has 1 fully saturated rings. The van der Waals surface area contributed by atoms with Gasteiger partial charge in [0.15, 0.2) is 5.96 Å². The van der Waals surface area contributed by atoms with Gasteiger partial charge in [0, 0.05) is 75.5 Å². The number of aromatic nitrogens is 2. The van der Waals surface area contributed by atoms with Crippen LogP contribution in [-0.2, 0) is 6.54 Å². The number of ether oxygens (including phenoxy) is 2. The van der Waals surface area contributed by atoms with Gasteiger partial charge in [-0.3, -0.25) is 4.99 Å². The van der Waals surface area contributed by atoms with Crippen LogP contribution < -0.4 is 25.0 Å². The fourth-order valence-electron chi connectivity index (χ4n) is 3.20. The molecule has 1 saturated heterocycles. The van der Waals surface area contributed by atoms with E-state index in [2.05, 4.69) is 25.5 Å². The van der Waals surface area contributed by atoms with Crippen LogP contribution in [0.2, 0.25) is 0 Å². The quantitative estimate of drug-likeness (QED) is 0.564. The number of rotatable bonds is 7. The minimum absolute atomic E-state index is 0.335. The highest BCUT2D eigenvalue weighted by Gasteiger charge is 2.24. The predicted molar refractivity (Wildman–Crippen MR) is 107 cm³/mol. The van der Waals surface area contributed by atoms with E-state index in [0.717, 1.165) is 55.7 Å². The molecule has 1 aliphatic heterocycles. The van der Waals surface area contributed by atoms with Gasteiger partial charge in [-0.15, -0.1) is 0 Å². The number of hydrogen-bond donors (Lipinski definition) is 2. The standard InChI is InChI=1S/C19H28N6O2/c1-20-19(22-6-9-24-8-5-21-14-24)23-15-4-7-25(13-15)16-10-17(26-2)12-18(11-16)27-3/h5,8,10-12,14-15H,4,6-7,9,13H2,1-3H3,(H2,20,22,23). The summed E-state index contributed by atoms with van der Waals surface area (Å²) in [4.78, 5) is 10.7. The van der Waals surface area contributed by atoms with Crippen LogP contribution in [0.1, 0.15) is 6.42 Å². The Morgan fingerprint density at radius 1 is 1.26 bits per heavy atom. The van der Waals surface area contributed by atoms with Crippen LogP contribution in [0, 0.1) is 0 Å². The highest BCUT2D eigenvalue weighted by atomic mass is 16.5. The first-order valence-corrected chi connectivity index (χ1v) is 9.12. The monoisotopic (exact) mass is 372 g/mol. The lowest BCUT2D eigenvalue weighted by Gasteiger charge is -2.21. The van der Waals surface area contributed by atoms with E-state index >= 15 is 0 Å². The van der Waals surface area contributed by atoms with Crippen molar-refractivity contribution in [3.63, 3.8) is 0 Å². The maximum absolute atomic E-state index is 5.38. The van der Waals surface area contributed by atoms with E-state index in [-0.39, 0.29) is 0 Å². The third kappa shape index (κ3) is 5.06. The Morgan fingerprint density at radius 2 is 2.04 bits per heavy atom. The number of nitrogens with one attached hydrogen (secondary N) is 2. The van der Waals surface area contributed by atoms with Crippen molar-refractivity contribution in [2.24, 2.45) is 4.99 Å². The van der Waals surface area contributed by atoms with E-state index in [0.29, 0.717) is 6.04 Å². The van der Waals surface area contributed by atoms with Gasteiger partial charge in [0.2, 0.25) is 0 Å². The number of aliphatic imine (C=N–C) groups is 1. The number of nitrogens with zero attached hydrogens (tertiary/aromatic N) is 4. The van der Waals surface area contributed by atoms with E-state index in [1.165, 1.54) is 0 Å². The lowest BCUT2D eigenvalue weighted by atomic mass is 10.2. The zero-order valence-electron chi connectivity index (χ0n) is 16.2. The third-order valence-electron chi connectivity index (χ3n) is 4.68. The molecular formula is C19H28N6O2. The maximum atomic E-state index is 5.38. The molecule has 3 rings (SSSR count). The molecule has 2 heterocycles. The fraction of sp³-hybridized carbons (Fsp3) is 0.474. The second-order valence-electron chi connectivity index (χ2n) is 6.45. The average molecular weight is 372 g/mol. The molecule has 0 aliphatic carbocycles. The first-order chi connectivity index (χ1) is 13.2. The van der Waals surface area contributed by atoms with E-state index in [1.807, 2.05) is 35.3 Å².